The Labute approximate surface area is 128 Å². The summed E-state index contributed by atoms with van der Waals surface area (Å²) in [5.74, 6) is -0.0835. The van der Waals surface area contributed by atoms with Gasteiger partial charge in [0.1, 0.15) is 12.0 Å². The van der Waals surface area contributed by atoms with Crippen molar-refractivity contribution in [3.8, 4) is 0 Å². The molecule has 2 unspecified atom stereocenters. The predicted molar refractivity (Wildman–Crippen MR) is 82.0 cm³/mol. The Hall–Kier alpha value is -0.900. The fraction of sp³-hybridized carbons (Fsp3) is 0.882. The molecule has 1 aliphatic carbocycles. The lowest BCUT2D eigenvalue weighted by Crippen LogP contribution is -2.40. The summed E-state index contributed by atoms with van der Waals surface area (Å²) in [6.45, 7) is 11.9. The van der Waals surface area contributed by atoms with E-state index in [2.05, 4.69) is 20.8 Å². The molecule has 0 spiro atoms. The van der Waals surface area contributed by atoms with Crippen molar-refractivity contribution in [3.05, 3.63) is 0 Å². The van der Waals surface area contributed by atoms with E-state index in [4.69, 9.17) is 9.47 Å². The zero-order valence-corrected chi connectivity index (χ0v) is 14.3. The molecule has 1 aliphatic rings. The average Bonchev–Trinajstić information content (AvgIpc) is 2.33. The summed E-state index contributed by atoms with van der Waals surface area (Å²) in [5, 5.41) is 0. The van der Waals surface area contributed by atoms with Gasteiger partial charge >= 0.3 is 5.97 Å². The van der Waals surface area contributed by atoms with Gasteiger partial charge in [-0.3, -0.25) is 9.59 Å². The van der Waals surface area contributed by atoms with E-state index in [0.29, 0.717) is 5.92 Å². The third-order valence-electron chi connectivity index (χ3n) is 4.28. The van der Waals surface area contributed by atoms with Gasteiger partial charge in [-0.15, -0.1) is 0 Å². The monoisotopic (exact) mass is 298 g/mol. The smallest absolute Gasteiger partial charge is 0.319 e. The van der Waals surface area contributed by atoms with Crippen molar-refractivity contribution in [2.45, 2.75) is 66.9 Å². The van der Waals surface area contributed by atoms with Crippen molar-refractivity contribution in [1.82, 2.24) is 0 Å². The van der Waals surface area contributed by atoms with Crippen molar-refractivity contribution in [3.63, 3.8) is 0 Å². The second kappa shape index (κ2) is 6.91. The Morgan fingerprint density at radius 3 is 2.38 bits per heavy atom. The first-order valence-corrected chi connectivity index (χ1v) is 7.90. The average molecular weight is 298 g/mol. The number of carbonyl (C=O) groups is 2. The summed E-state index contributed by atoms with van der Waals surface area (Å²) >= 11 is 0. The SMILES string of the molecule is CCOC(=O)C(C)(C)C(=O)COC1CC(C)CC(C)(C)C1. The quantitative estimate of drug-likeness (QED) is 0.557. The molecule has 0 saturated heterocycles. The van der Waals surface area contributed by atoms with Gasteiger partial charge in [-0.2, -0.15) is 0 Å². The molecule has 0 aliphatic heterocycles. The van der Waals surface area contributed by atoms with E-state index in [1.165, 1.54) is 6.42 Å². The summed E-state index contributed by atoms with van der Waals surface area (Å²) < 4.78 is 10.8. The predicted octanol–water partition coefficient (Wildman–Crippen LogP) is 3.38. The zero-order chi connectivity index (χ0) is 16.3. The van der Waals surface area contributed by atoms with E-state index in [1.807, 2.05) is 0 Å². The minimum Gasteiger partial charge on any atom is -0.465 e. The summed E-state index contributed by atoms with van der Waals surface area (Å²) in [6.07, 6.45) is 3.24. The first-order valence-electron chi connectivity index (χ1n) is 7.90. The van der Waals surface area contributed by atoms with Crippen molar-refractivity contribution in [1.29, 1.82) is 0 Å². The number of ether oxygens (including phenoxy) is 2. The highest BCUT2D eigenvalue weighted by Gasteiger charge is 2.38. The van der Waals surface area contributed by atoms with Crippen LogP contribution in [0.2, 0.25) is 0 Å². The van der Waals surface area contributed by atoms with Gasteiger partial charge in [0.25, 0.3) is 0 Å². The highest BCUT2D eigenvalue weighted by molar-refractivity contribution is 6.03. The molecular formula is C17H30O4. The Bertz CT molecular complexity index is 384. The second-order valence-electron chi connectivity index (χ2n) is 7.61. The fourth-order valence-electron chi connectivity index (χ4n) is 3.18. The van der Waals surface area contributed by atoms with E-state index < -0.39 is 11.4 Å². The first kappa shape index (κ1) is 18.1. The van der Waals surface area contributed by atoms with Crippen LogP contribution >= 0.6 is 0 Å². The molecule has 0 bridgehead atoms. The maximum atomic E-state index is 12.2. The summed E-state index contributed by atoms with van der Waals surface area (Å²) in [5.41, 5.74) is -0.881. The standard InChI is InChI=1S/C17H30O4/c1-7-20-15(19)17(5,6)14(18)11-21-13-8-12(2)9-16(3,4)10-13/h12-13H,7-11H2,1-6H3. The molecule has 0 aromatic heterocycles. The number of rotatable bonds is 6. The molecule has 4 heteroatoms. The normalized spacial score (nSPS) is 25.4. The summed E-state index contributed by atoms with van der Waals surface area (Å²) in [7, 11) is 0. The number of esters is 1. The zero-order valence-electron chi connectivity index (χ0n) is 14.3. The molecule has 0 aromatic rings. The van der Waals surface area contributed by atoms with Gasteiger partial charge in [0.05, 0.1) is 12.7 Å². The van der Waals surface area contributed by atoms with Gasteiger partial charge in [-0.25, -0.2) is 0 Å². The van der Waals surface area contributed by atoms with Crippen molar-refractivity contribution >= 4 is 11.8 Å². The molecule has 0 aromatic carbocycles. The lowest BCUT2D eigenvalue weighted by Gasteiger charge is -2.38. The number of hydrogen-bond acceptors (Lipinski definition) is 4. The van der Waals surface area contributed by atoms with E-state index in [9.17, 15) is 9.59 Å². The van der Waals surface area contributed by atoms with Crippen LogP contribution in [-0.2, 0) is 19.1 Å². The minimum absolute atomic E-state index is 0.0146. The lowest BCUT2D eigenvalue weighted by atomic mass is 9.71. The summed E-state index contributed by atoms with van der Waals surface area (Å²) in [4.78, 5) is 24.1. The van der Waals surface area contributed by atoms with Crippen LogP contribution in [-0.4, -0.2) is 31.1 Å². The molecule has 0 amide bonds. The van der Waals surface area contributed by atoms with Crippen molar-refractivity contribution < 1.29 is 19.1 Å². The Kier molecular flexibility index (Phi) is 5.97. The van der Waals surface area contributed by atoms with Crippen LogP contribution < -0.4 is 0 Å². The van der Waals surface area contributed by atoms with Gasteiger partial charge in [-0.05, 0) is 51.4 Å². The van der Waals surface area contributed by atoms with Crippen LogP contribution in [0.4, 0.5) is 0 Å². The highest BCUT2D eigenvalue weighted by atomic mass is 16.5. The van der Waals surface area contributed by atoms with Crippen LogP contribution in [0, 0.1) is 16.7 Å². The maximum Gasteiger partial charge on any atom is 0.319 e. The third-order valence-corrected chi connectivity index (χ3v) is 4.28. The van der Waals surface area contributed by atoms with E-state index >= 15 is 0 Å². The van der Waals surface area contributed by atoms with Gasteiger partial charge in [0.15, 0.2) is 5.78 Å². The van der Waals surface area contributed by atoms with Crippen molar-refractivity contribution in [2.75, 3.05) is 13.2 Å². The molecular weight excluding hydrogens is 268 g/mol. The van der Waals surface area contributed by atoms with Crippen molar-refractivity contribution in [2.24, 2.45) is 16.7 Å². The number of ketones is 1. The van der Waals surface area contributed by atoms with Crippen LogP contribution in [0.25, 0.3) is 0 Å². The molecule has 0 radical (unpaired) electrons. The lowest BCUT2D eigenvalue weighted by molar-refractivity contribution is -0.160. The van der Waals surface area contributed by atoms with Gasteiger partial charge in [0.2, 0.25) is 0 Å². The van der Waals surface area contributed by atoms with Crippen LogP contribution in [0.5, 0.6) is 0 Å². The molecule has 21 heavy (non-hydrogen) atoms. The molecule has 1 saturated carbocycles. The minimum atomic E-state index is -1.13. The van der Waals surface area contributed by atoms with Crippen LogP contribution in [0.3, 0.4) is 0 Å². The third kappa shape index (κ3) is 5.10. The number of Topliss-reactive ketones (excluding diaryl/α,β-unsaturated/α-hetero) is 1. The van der Waals surface area contributed by atoms with E-state index in [0.717, 1.165) is 12.8 Å². The number of carbonyl (C=O) groups excluding carboxylic acids is 2. The second-order valence-corrected chi connectivity index (χ2v) is 7.61. The van der Waals surface area contributed by atoms with Gasteiger partial charge in [0, 0.05) is 0 Å². The van der Waals surface area contributed by atoms with E-state index in [1.54, 1.807) is 20.8 Å². The highest BCUT2D eigenvalue weighted by Crippen LogP contribution is 2.39. The fourth-order valence-corrected chi connectivity index (χ4v) is 3.18. The van der Waals surface area contributed by atoms with E-state index in [-0.39, 0.29) is 30.5 Å². The molecule has 4 nitrogen and oxygen atoms in total. The molecule has 2 atom stereocenters. The maximum absolute atomic E-state index is 12.2. The Morgan fingerprint density at radius 1 is 1.24 bits per heavy atom. The molecule has 1 rings (SSSR count). The Balaban J connectivity index is 2.54. The first-order chi connectivity index (χ1) is 9.58. The molecule has 0 heterocycles. The largest absolute Gasteiger partial charge is 0.465 e. The van der Waals surface area contributed by atoms with Crippen LogP contribution in [0.15, 0.2) is 0 Å². The Morgan fingerprint density at radius 2 is 1.86 bits per heavy atom. The summed E-state index contributed by atoms with van der Waals surface area (Å²) in [6, 6.07) is 0. The molecule has 122 valence electrons. The molecule has 1 fully saturated rings. The molecule has 0 N–H and O–H groups in total. The van der Waals surface area contributed by atoms with Gasteiger partial charge in [-0.1, -0.05) is 20.8 Å². The van der Waals surface area contributed by atoms with Gasteiger partial charge < -0.3 is 9.47 Å². The van der Waals surface area contributed by atoms with Crippen LogP contribution in [0.1, 0.15) is 60.8 Å². The number of hydrogen-bond donors (Lipinski definition) is 0. The topological polar surface area (TPSA) is 52.6 Å².